The molecule has 0 bridgehead atoms. The van der Waals surface area contributed by atoms with Crippen molar-refractivity contribution >= 4 is 17.1 Å². The van der Waals surface area contributed by atoms with E-state index < -0.39 is 10.8 Å². The molecule has 11 aromatic rings. The Balaban J connectivity index is 1.01. The van der Waals surface area contributed by atoms with Crippen molar-refractivity contribution in [1.29, 1.82) is 0 Å². The van der Waals surface area contributed by atoms with Crippen LogP contribution in [0.1, 0.15) is 68.1 Å². The van der Waals surface area contributed by atoms with Gasteiger partial charge < -0.3 is 4.90 Å². The Morgan fingerprint density at radius 3 is 1.06 bits per heavy atom. The number of benzene rings is 11. The van der Waals surface area contributed by atoms with E-state index in [4.69, 9.17) is 0 Å². The van der Waals surface area contributed by atoms with Gasteiger partial charge in [-0.05, 0) is 149 Å². The molecule has 0 saturated carbocycles. The van der Waals surface area contributed by atoms with Crippen molar-refractivity contribution in [3.63, 3.8) is 0 Å². The summed E-state index contributed by atoms with van der Waals surface area (Å²) in [6.45, 7) is 2.42. The van der Waals surface area contributed by atoms with E-state index in [-0.39, 0.29) is 5.41 Å². The molecule has 71 heavy (non-hydrogen) atoms. The van der Waals surface area contributed by atoms with Crippen molar-refractivity contribution in [3.8, 4) is 44.5 Å². The highest BCUT2D eigenvalue weighted by atomic mass is 15.1. The van der Waals surface area contributed by atoms with Crippen LogP contribution in [0.25, 0.3) is 44.5 Å². The average molecular weight is 902 g/mol. The Bertz CT molecular complexity index is 3860. The lowest BCUT2D eigenvalue weighted by Crippen LogP contribution is -2.28. The molecule has 0 aromatic heterocycles. The number of hydrogen-bond acceptors (Lipinski definition) is 1. The molecule has 1 atom stereocenters. The van der Waals surface area contributed by atoms with Crippen LogP contribution in [-0.2, 0) is 16.2 Å². The predicted molar refractivity (Wildman–Crippen MR) is 292 cm³/mol. The van der Waals surface area contributed by atoms with Crippen molar-refractivity contribution in [3.05, 3.63) is 328 Å². The van der Waals surface area contributed by atoms with E-state index in [0.717, 1.165) is 17.1 Å². The van der Waals surface area contributed by atoms with Crippen LogP contribution >= 0.6 is 0 Å². The highest BCUT2D eigenvalue weighted by Crippen LogP contribution is 2.64. The van der Waals surface area contributed by atoms with Crippen LogP contribution in [0.4, 0.5) is 17.1 Å². The van der Waals surface area contributed by atoms with E-state index >= 15 is 0 Å². The maximum Gasteiger partial charge on any atom is 0.0726 e. The predicted octanol–water partition coefficient (Wildman–Crippen LogP) is 17.2. The van der Waals surface area contributed by atoms with Gasteiger partial charge >= 0.3 is 0 Å². The van der Waals surface area contributed by atoms with Gasteiger partial charge in [0.2, 0.25) is 0 Å². The fourth-order valence-corrected chi connectivity index (χ4v) is 13.9. The first-order valence-corrected chi connectivity index (χ1v) is 25.0. The Morgan fingerprint density at radius 2 is 0.549 bits per heavy atom. The molecule has 11 aromatic carbocycles. The van der Waals surface area contributed by atoms with E-state index in [1.807, 2.05) is 0 Å². The quantitative estimate of drug-likeness (QED) is 0.161. The highest BCUT2D eigenvalue weighted by Gasteiger charge is 2.52. The number of nitrogens with zero attached hydrogens (tertiary/aromatic N) is 1. The zero-order chi connectivity index (χ0) is 46.9. The van der Waals surface area contributed by atoms with Crippen LogP contribution in [0.2, 0.25) is 0 Å². The van der Waals surface area contributed by atoms with E-state index in [9.17, 15) is 0 Å². The summed E-state index contributed by atoms with van der Waals surface area (Å²) in [7, 11) is 0. The molecule has 332 valence electrons. The van der Waals surface area contributed by atoms with E-state index in [1.165, 1.54) is 106 Å². The fourth-order valence-electron chi connectivity index (χ4n) is 13.9. The second kappa shape index (κ2) is 14.9. The minimum atomic E-state index is -0.496. The maximum absolute atomic E-state index is 2.55. The topological polar surface area (TPSA) is 3.24 Å². The van der Waals surface area contributed by atoms with Gasteiger partial charge in [0.15, 0.2) is 0 Å². The minimum absolute atomic E-state index is 0.363. The number of fused-ring (bicyclic) bond motifs is 16. The Morgan fingerprint density at radius 1 is 0.225 bits per heavy atom. The second-order valence-corrected chi connectivity index (χ2v) is 20.0. The van der Waals surface area contributed by atoms with Gasteiger partial charge in [0.1, 0.15) is 0 Å². The third kappa shape index (κ3) is 5.20. The second-order valence-electron chi connectivity index (χ2n) is 20.0. The SMILES string of the molecule is CC1(c2ccccc2)c2ccccc2-c2ccc(N(c3ccc4c(c3)-c3ccccc3C4(c3ccccc3)c3ccccc3)c3ccc4c(c3)C3(c5ccccc5-c5ccccc53)c3ccccc3-4)cc21. The minimum Gasteiger partial charge on any atom is -0.310 e. The van der Waals surface area contributed by atoms with E-state index in [2.05, 4.69) is 279 Å². The molecular formula is C70H47N. The van der Waals surface area contributed by atoms with Gasteiger partial charge in [0.05, 0.1) is 10.8 Å². The molecule has 0 heterocycles. The van der Waals surface area contributed by atoms with Crippen LogP contribution in [0.15, 0.2) is 267 Å². The molecule has 0 saturated heterocycles. The van der Waals surface area contributed by atoms with Gasteiger partial charge in [-0.25, -0.2) is 0 Å². The maximum atomic E-state index is 2.55. The van der Waals surface area contributed by atoms with Crippen molar-refractivity contribution in [2.24, 2.45) is 0 Å². The molecule has 0 fully saturated rings. The molecule has 0 N–H and O–H groups in total. The largest absolute Gasteiger partial charge is 0.310 e. The van der Waals surface area contributed by atoms with Crippen molar-refractivity contribution in [1.82, 2.24) is 0 Å². The summed E-state index contributed by atoms with van der Waals surface area (Å²) in [5.74, 6) is 0. The first kappa shape index (κ1) is 40.1. The number of hydrogen-bond donors (Lipinski definition) is 0. The summed E-state index contributed by atoms with van der Waals surface area (Å²) >= 11 is 0. The molecule has 4 aliphatic rings. The van der Waals surface area contributed by atoms with Crippen molar-refractivity contribution in [2.75, 3.05) is 4.90 Å². The summed E-state index contributed by atoms with van der Waals surface area (Å²) in [4.78, 5) is 2.55. The van der Waals surface area contributed by atoms with E-state index in [0.29, 0.717) is 0 Å². The summed E-state index contributed by atoms with van der Waals surface area (Å²) in [6, 6.07) is 101. The molecule has 0 amide bonds. The van der Waals surface area contributed by atoms with Gasteiger partial charge in [-0.3, -0.25) is 0 Å². The molecular weight excluding hydrogens is 855 g/mol. The lowest BCUT2D eigenvalue weighted by atomic mass is 9.68. The first-order valence-electron chi connectivity index (χ1n) is 25.0. The van der Waals surface area contributed by atoms with Crippen LogP contribution in [-0.4, -0.2) is 0 Å². The van der Waals surface area contributed by atoms with Gasteiger partial charge in [0, 0.05) is 22.5 Å². The normalized spacial score (nSPS) is 16.2. The zero-order valence-electron chi connectivity index (χ0n) is 39.4. The lowest BCUT2D eigenvalue weighted by Gasteiger charge is -2.34. The summed E-state index contributed by atoms with van der Waals surface area (Å²) in [6.07, 6.45) is 0. The van der Waals surface area contributed by atoms with Crippen LogP contribution < -0.4 is 4.90 Å². The van der Waals surface area contributed by atoms with E-state index in [1.54, 1.807) is 0 Å². The van der Waals surface area contributed by atoms with Gasteiger partial charge in [-0.15, -0.1) is 0 Å². The van der Waals surface area contributed by atoms with Gasteiger partial charge in [-0.2, -0.15) is 0 Å². The standard InChI is InChI=1S/C70H47N/c1-68(46-21-5-2-6-22-46)60-32-16-11-27-52(60)57-40-37-50(44-66(57)68)71(49-39-42-65-59(43-49)56-31-15-17-33-61(56)69(65,47-23-7-3-8-24-47)48-25-9-4-10-26-48)51-38-41-58-55-30-14-20-36-64(55)70(67(58)45-51)62-34-18-12-28-53(62)54-29-13-19-35-63(54)70/h2-45H,1H3. The Kier molecular flexibility index (Phi) is 8.40. The van der Waals surface area contributed by atoms with Gasteiger partial charge in [-0.1, -0.05) is 231 Å². The molecule has 4 aliphatic carbocycles. The highest BCUT2D eigenvalue weighted by molar-refractivity contribution is 5.97. The third-order valence-electron chi connectivity index (χ3n) is 16.8. The Labute approximate surface area is 415 Å². The first-order chi connectivity index (χ1) is 35.1. The van der Waals surface area contributed by atoms with Crippen molar-refractivity contribution in [2.45, 2.75) is 23.2 Å². The van der Waals surface area contributed by atoms with Crippen LogP contribution in [0, 0.1) is 0 Å². The molecule has 1 heteroatoms. The zero-order valence-corrected chi connectivity index (χ0v) is 39.4. The Hall–Kier alpha value is -8.78. The number of anilines is 3. The number of rotatable bonds is 6. The summed E-state index contributed by atoms with van der Waals surface area (Å²) < 4.78 is 0. The molecule has 1 spiro atoms. The molecule has 0 aliphatic heterocycles. The third-order valence-corrected chi connectivity index (χ3v) is 16.8. The molecule has 1 unspecified atom stereocenters. The molecule has 1 nitrogen and oxygen atoms in total. The molecule has 15 rings (SSSR count). The molecule has 0 radical (unpaired) electrons. The van der Waals surface area contributed by atoms with Crippen LogP contribution in [0.3, 0.4) is 0 Å². The monoisotopic (exact) mass is 901 g/mol. The van der Waals surface area contributed by atoms with Crippen LogP contribution in [0.5, 0.6) is 0 Å². The summed E-state index contributed by atoms with van der Waals surface area (Å²) in [5.41, 5.74) is 26.8. The van der Waals surface area contributed by atoms with Gasteiger partial charge in [0.25, 0.3) is 0 Å². The smallest absolute Gasteiger partial charge is 0.0726 e. The average Bonchev–Trinajstić information content (AvgIpc) is 4.11. The lowest BCUT2D eigenvalue weighted by molar-refractivity contribution is 0.714. The fraction of sp³-hybridized carbons (Fsp3) is 0.0571. The summed E-state index contributed by atoms with van der Waals surface area (Å²) in [5, 5.41) is 0. The van der Waals surface area contributed by atoms with Crippen molar-refractivity contribution < 1.29 is 0 Å².